The lowest BCUT2D eigenvalue weighted by Gasteiger charge is -2.04. The Kier molecular flexibility index (Phi) is 3.62. The molecule has 1 aromatic carbocycles. The van der Waals surface area contributed by atoms with Crippen molar-refractivity contribution >= 4 is 5.91 Å². The van der Waals surface area contributed by atoms with Crippen LogP contribution in [0.5, 0.6) is 5.75 Å². The number of nitrogens with zero attached hydrogens (tertiary/aromatic N) is 1. The quantitative estimate of drug-likeness (QED) is 0.895. The summed E-state index contributed by atoms with van der Waals surface area (Å²) < 4.78 is 10.3. The average molecular weight is 246 g/mol. The second kappa shape index (κ2) is 5.35. The van der Waals surface area contributed by atoms with Gasteiger partial charge in [0.2, 0.25) is 5.89 Å². The van der Waals surface area contributed by atoms with E-state index >= 15 is 0 Å². The van der Waals surface area contributed by atoms with E-state index in [1.165, 1.54) is 0 Å². The third-order valence-electron chi connectivity index (χ3n) is 2.42. The number of oxazole rings is 1. The van der Waals surface area contributed by atoms with Gasteiger partial charge in [-0.15, -0.1) is 0 Å². The zero-order valence-electron chi connectivity index (χ0n) is 10.3. The van der Waals surface area contributed by atoms with Crippen molar-refractivity contribution in [3.63, 3.8) is 0 Å². The molecule has 94 valence electrons. The first kappa shape index (κ1) is 12.2. The van der Waals surface area contributed by atoms with Gasteiger partial charge in [-0.1, -0.05) is 0 Å². The van der Waals surface area contributed by atoms with Gasteiger partial charge in [-0.05, 0) is 31.2 Å². The van der Waals surface area contributed by atoms with E-state index in [1.54, 1.807) is 37.6 Å². The van der Waals surface area contributed by atoms with Gasteiger partial charge in [0, 0.05) is 5.56 Å². The van der Waals surface area contributed by atoms with E-state index in [1.807, 2.05) is 6.92 Å². The average Bonchev–Trinajstić information content (AvgIpc) is 2.82. The third kappa shape index (κ3) is 2.88. The first-order valence-electron chi connectivity index (χ1n) is 5.52. The maximum Gasteiger partial charge on any atom is 0.251 e. The number of aryl methyl sites for hydroxylation is 1. The molecule has 1 aromatic heterocycles. The monoisotopic (exact) mass is 246 g/mol. The predicted molar refractivity (Wildman–Crippen MR) is 65.4 cm³/mol. The van der Waals surface area contributed by atoms with Gasteiger partial charge in [0.25, 0.3) is 5.91 Å². The second-order valence-electron chi connectivity index (χ2n) is 3.78. The Hall–Kier alpha value is -2.30. The summed E-state index contributed by atoms with van der Waals surface area (Å²) in [5.74, 6) is 1.77. The summed E-state index contributed by atoms with van der Waals surface area (Å²) in [4.78, 5) is 15.8. The van der Waals surface area contributed by atoms with Crippen LogP contribution in [0.2, 0.25) is 0 Å². The number of hydrogen-bond donors (Lipinski definition) is 1. The van der Waals surface area contributed by atoms with Gasteiger partial charge in [0.1, 0.15) is 11.5 Å². The predicted octanol–water partition coefficient (Wildman–Crippen LogP) is 1.92. The Labute approximate surface area is 105 Å². The SMILES string of the molecule is COc1ccc(C(=O)NCc2ncc(C)o2)cc1. The smallest absolute Gasteiger partial charge is 0.251 e. The number of amides is 1. The summed E-state index contributed by atoms with van der Waals surface area (Å²) in [6, 6.07) is 6.89. The second-order valence-corrected chi connectivity index (χ2v) is 3.78. The minimum absolute atomic E-state index is 0.173. The zero-order chi connectivity index (χ0) is 13.0. The van der Waals surface area contributed by atoms with Crippen LogP contribution in [0, 0.1) is 6.92 Å². The normalized spacial score (nSPS) is 10.1. The maximum atomic E-state index is 11.8. The molecule has 2 rings (SSSR count). The lowest BCUT2D eigenvalue weighted by Crippen LogP contribution is -2.22. The van der Waals surface area contributed by atoms with Gasteiger partial charge in [0.15, 0.2) is 0 Å². The van der Waals surface area contributed by atoms with Crippen LogP contribution in [0.25, 0.3) is 0 Å². The van der Waals surface area contributed by atoms with Crippen molar-refractivity contribution in [2.75, 3.05) is 7.11 Å². The van der Waals surface area contributed by atoms with Crippen LogP contribution in [-0.4, -0.2) is 18.0 Å². The number of ether oxygens (including phenoxy) is 1. The maximum absolute atomic E-state index is 11.8. The van der Waals surface area contributed by atoms with E-state index in [2.05, 4.69) is 10.3 Å². The van der Waals surface area contributed by atoms with Crippen LogP contribution in [0.3, 0.4) is 0 Å². The van der Waals surface area contributed by atoms with Crippen LogP contribution in [0.15, 0.2) is 34.9 Å². The largest absolute Gasteiger partial charge is 0.497 e. The Bertz CT molecular complexity index is 531. The molecule has 2 aromatic rings. The van der Waals surface area contributed by atoms with Crippen molar-refractivity contribution in [3.05, 3.63) is 47.7 Å². The molecule has 1 amide bonds. The first-order valence-corrected chi connectivity index (χ1v) is 5.52. The van der Waals surface area contributed by atoms with Crippen molar-refractivity contribution in [1.82, 2.24) is 10.3 Å². The number of carbonyl (C=O) groups excluding carboxylic acids is 1. The summed E-state index contributed by atoms with van der Waals surface area (Å²) in [7, 11) is 1.58. The fraction of sp³-hybridized carbons (Fsp3) is 0.231. The van der Waals surface area contributed by atoms with Gasteiger partial charge in [-0.3, -0.25) is 4.79 Å². The molecule has 5 nitrogen and oxygen atoms in total. The summed E-state index contributed by atoms with van der Waals surface area (Å²) >= 11 is 0. The molecule has 0 aliphatic rings. The Morgan fingerprint density at radius 1 is 1.39 bits per heavy atom. The number of carbonyl (C=O) groups is 1. The molecule has 0 bridgehead atoms. The molecule has 1 heterocycles. The highest BCUT2D eigenvalue weighted by Crippen LogP contribution is 2.11. The molecule has 0 fully saturated rings. The minimum atomic E-state index is -0.173. The molecule has 18 heavy (non-hydrogen) atoms. The van der Waals surface area contributed by atoms with Crippen molar-refractivity contribution in [2.24, 2.45) is 0 Å². The summed E-state index contributed by atoms with van der Waals surface area (Å²) in [6.45, 7) is 2.08. The topological polar surface area (TPSA) is 64.4 Å². The van der Waals surface area contributed by atoms with Crippen LogP contribution in [0.4, 0.5) is 0 Å². The standard InChI is InChI=1S/C13H14N2O3/c1-9-7-14-12(18-9)8-15-13(16)10-3-5-11(17-2)6-4-10/h3-7H,8H2,1-2H3,(H,15,16). The number of aromatic nitrogens is 1. The molecule has 0 saturated carbocycles. The van der Waals surface area contributed by atoms with E-state index in [0.29, 0.717) is 11.5 Å². The van der Waals surface area contributed by atoms with Crippen LogP contribution in [0.1, 0.15) is 22.0 Å². The van der Waals surface area contributed by atoms with Gasteiger partial charge in [0.05, 0.1) is 19.9 Å². The molecule has 0 atom stereocenters. The van der Waals surface area contributed by atoms with E-state index in [9.17, 15) is 4.79 Å². The molecule has 1 N–H and O–H groups in total. The highest BCUT2D eigenvalue weighted by atomic mass is 16.5. The fourth-order valence-corrected chi connectivity index (χ4v) is 1.48. The number of hydrogen-bond acceptors (Lipinski definition) is 4. The van der Waals surface area contributed by atoms with Crippen molar-refractivity contribution in [2.45, 2.75) is 13.5 Å². The molecule has 0 spiro atoms. The first-order chi connectivity index (χ1) is 8.69. The number of nitrogens with one attached hydrogen (secondary N) is 1. The molecular formula is C13H14N2O3. The number of methoxy groups -OCH3 is 1. The van der Waals surface area contributed by atoms with Crippen LogP contribution >= 0.6 is 0 Å². The van der Waals surface area contributed by atoms with Crippen molar-refractivity contribution in [1.29, 1.82) is 0 Å². The van der Waals surface area contributed by atoms with E-state index in [0.717, 1.165) is 11.5 Å². The van der Waals surface area contributed by atoms with Gasteiger partial charge in [-0.25, -0.2) is 4.98 Å². The number of rotatable bonds is 4. The van der Waals surface area contributed by atoms with Gasteiger partial charge in [-0.2, -0.15) is 0 Å². The molecule has 0 saturated heterocycles. The van der Waals surface area contributed by atoms with E-state index in [-0.39, 0.29) is 12.5 Å². The fourth-order valence-electron chi connectivity index (χ4n) is 1.48. The highest BCUT2D eigenvalue weighted by molar-refractivity contribution is 5.94. The third-order valence-corrected chi connectivity index (χ3v) is 2.42. The lowest BCUT2D eigenvalue weighted by molar-refractivity contribution is 0.0947. The molecule has 0 unspecified atom stereocenters. The van der Waals surface area contributed by atoms with Crippen molar-refractivity contribution < 1.29 is 13.9 Å². The minimum Gasteiger partial charge on any atom is -0.497 e. The Balaban J connectivity index is 1.94. The summed E-state index contributed by atoms with van der Waals surface area (Å²) in [5, 5.41) is 2.73. The number of benzene rings is 1. The molecular weight excluding hydrogens is 232 g/mol. The van der Waals surface area contributed by atoms with E-state index in [4.69, 9.17) is 9.15 Å². The molecule has 0 aliphatic heterocycles. The Morgan fingerprint density at radius 2 is 2.11 bits per heavy atom. The zero-order valence-corrected chi connectivity index (χ0v) is 10.3. The summed E-state index contributed by atoms with van der Waals surface area (Å²) in [6.07, 6.45) is 1.62. The van der Waals surface area contributed by atoms with E-state index < -0.39 is 0 Å². The Morgan fingerprint density at radius 3 is 2.67 bits per heavy atom. The lowest BCUT2D eigenvalue weighted by atomic mass is 10.2. The molecule has 0 aliphatic carbocycles. The molecule has 5 heteroatoms. The van der Waals surface area contributed by atoms with Crippen molar-refractivity contribution in [3.8, 4) is 5.75 Å². The summed E-state index contributed by atoms with van der Waals surface area (Å²) in [5.41, 5.74) is 0.569. The van der Waals surface area contributed by atoms with Gasteiger partial charge < -0.3 is 14.5 Å². The van der Waals surface area contributed by atoms with Gasteiger partial charge >= 0.3 is 0 Å². The highest BCUT2D eigenvalue weighted by Gasteiger charge is 2.07. The van der Waals surface area contributed by atoms with Crippen LogP contribution < -0.4 is 10.1 Å². The van der Waals surface area contributed by atoms with Crippen LogP contribution in [-0.2, 0) is 6.54 Å². The molecule has 0 radical (unpaired) electrons.